The maximum atomic E-state index is 9.27. The van der Waals surface area contributed by atoms with Crippen LogP contribution in [0.15, 0.2) is 200 Å². The Bertz CT molecular complexity index is 3410. The molecule has 64 heavy (non-hydrogen) atoms. The summed E-state index contributed by atoms with van der Waals surface area (Å²) in [6, 6.07) is 65.8. The molecule has 0 radical (unpaired) electrons. The Balaban J connectivity index is 0.00000525. The molecule has 1 aliphatic rings. The molecule has 0 saturated carbocycles. The predicted octanol–water partition coefficient (Wildman–Crippen LogP) is 15.3. The van der Waals surface area contributed by atoms with E-state index in [9.17, 15) is 1.37 Å². The van der Waals surface area contributed by atoms with Crippen LogP contribution in [0.4, 0.5) is 22.7 Å². The molecule has 0 saturated heterocycles. The third-order valence-electron chi connectivity index (χ3n) is 11.7. The number of pyridine rings is 1. The van der Waals surface area contributed by atoms with Gasteiger partial charge in [0.2, 0.25) is 0 Å². The molecule has 314 valence electrons. The van der Waals surface area contributed by atoms with Crippen LogP contribution in [0.25, 0.3) is 61.0 Å². The van der Waals surface area contributed by atoms with Gasteiger partial charge in [-0.25, -0.2) is 4.98 Å². The summed E-state index contributed by atoms with van der Waals surface area (Å²) in [6.07, 6.45) is 1.96. The molecular formula is C58H43N4OPt-3. The van der Waals surface area contributed by atoms with Crippen molar-refractivity contribution in [2.75, 3.05) is 9.80 Å². The van der Waals surface area contributed by atoms with E-state index < -0.39 is 0 Å². The van der Waals surface area contributed by atoms with Crippen molar-refractivity contribution in [2.45, 2.75) is 26.2 Å². The quantitative estimate of drug-likeness (QED) is 0.142. The fourth-order valence-electron chi connectivity index (χ4n) is 8.78. The predicted molar refractivity (Wildman–Crippen MR) is 259 cm³/mol. The number of aromatic nitrogens is 2. The van der Waals surface area contributed by atoms with Crippen molar-refractivity contribution in [3.05, 3.63) is 225 Å². The molecule has 1 aliphatic heterocycles. The van der Waals surface area contributed by atoms with Crippen LogP contribution in [0.2, 0.25) is 0 Å². The Labute approximate surface area is 393 Å². The van der Waals surface area contributed by atoms with E-state index in [0.717, 1.165) is 83.6 Å². The zero-order chi connectivity index (χ0) is 45.1. The Morgan fingerprint density at radius 1 is 0.578 bits per heavy atom. The number of benzene rings is 8. The molecule has 2 aromatic heterocycles. The second kappa shape index (κ2) is 16.8. The second-order valence-electron chi connectivity index (χ2n) is 16.7. The molecule has 0 aliphatic carbocycles. The molecule has 5 nitrogen and oxygen atoms in total. The molecule has 0 unspecified atom stereocenters. The van der Waals surface area contributed by atoms with Gasteiger partial charge in [-0.15, -0.1) is 48.0 Å². The normalized spacial score (nSPS) is 13.0. The number of nitrogens with zero attached hydrogens (tertiary/aromatic N) is 4. The van der Waals surface area contributed by atoms with Crippen molar-refractivity contribution in [3.63, 3.8) is 0 Å². The second-order valence-corrected chi connectivity index (χ2v) is 16.7. The summed E-state index contributed by atoms with van der Waals surface area (Å²) in [6.45, 7) is 8.61. The van der Waals surface area contributed by atoms with E-state index in [4.69, 9.17) is 12.5 Å². The first-order valence-electron chi connectivity index (χ1n) is 22.6. The van der Waals surface area contributed by atoms with Crippen molar-refractivity contribution in [1.82, 2.24) is 9.55 Å². The summed E-state index contributed by atoms with van der Waals surface area (Å²) in [5, 5.41) is 2.01. The van der Waals surface area contributed by atoms with Crippen molar-refractivity contribution in [1.29, 1.82) is 0 Å². The van der Waals surface area contributed by atoms with E-state index in [2.05, 4.69) is 121 Å². The fraction of sp³-hybridized carbons (Fsp3) is 0.0690. The molecule has 0 N–H and O–H groups in total. The van der Waals surface area contributed by atoms with E-state index in [1.165, 1.54) is 0 Å². The van der Waals surface area contributed by atoms with Gasteiger partial charge in [0.05, 0.1) is 0 Å². The molecule has 11 rings (SSSR count). The first kappa shape index (κ1) is 37.4. The average Bonchev–Trinajstić information content (AvgIpc) is 3.90. The number of hydrogen-bond donors (Lipinski definition) is 0. The molecule has 8 aromatic carbocycles. The summed E-state index contributed by atoms with van der Waals surface area (Å²) >= 11 is 0. The van der Waals surface area contributed by atoms with E-state index in [0.29, 0.717) is 5.75 Å². The van der Waals surface area contributed by atoms with Crippen molar-refractivity contribution in [2.24, 2.45) is 0 Å². The molecule has 6 heteroatoms. The summed E-state index contributed by atoms with van der Waals surface area (Å²) in [4.78, 5) is 9.10. The number of para-hydroxylation sites is 4. The first-order chi connectivity index (χ1) is 32.1. The molecule has 0 bridgehead atoms. The van der Waals surface area contributed by atoms with Gasteiger partial charge >= 0.3 is 0 Å². The minimum absolute atomic E-state index is 0. The molecule has 0 atom stereocenters. The average molecular weight is 1010 g/mol. The summed E-state index contributed by atoms with van der Waals surface area (Å²) in [7, 11) is 0. The molecule has 10 aromatic rings. The van der Waals surface area contributed by atoms with Gasteiger partial charge in [-0.2, -0.15) is 12.1 Å². The van der Waals surface area contributed by atoms with Gasteiger partial charge in [0.15, 0.2) is 0 Å². The van der Waals surface area contributed by atoms with Gasteiger partial charge in [-0.3, -0.25) is 0 Å². The molecule has 3 heterocycles. The fourth-order valence-corrected chi connectivity index (χ4v) is 8.78. The van der Waals surface area contributed by atoms with Crippen LogP contribution in [0.3, 0.4) is 0 Å². The van der Waals surface area contributed by atoms with Gasteiger partial charge in [0.25, 0.3) is 0 Å². The van der Waals surface area contributed by atoms with Crippen molar-refractivity contribution >= 4 is 44.6 Å². The Kier molecular flexibility index (Phi) is 9.82. The topological polar surface area (TPSA) is 33.5 Å². The molecule has 0 fully saturated rings. The number of hydrogen-bond acceptors (Lipinski definition) is 4. The molecule has 0 spiro atoms. The van der Waals surface area contributed by atoms with E-state index >= 15 is 0 Å². The van der Waals surface area contributed by atoms with Gasteiger partial charge in [-0.05, 0) is 60.1 Å². The van der Waals surface area contributed by atoms with Crippen LogP contribution in [0.5, 0.6) is 11.5 Å². The molecule has 0 amide bonds. The van der Waals surface area contributed by atoms with Crippen LogP contribution in [-0.4, -0.2) is 9.55 Å². The van der Waals surface area contributed by atoms with Crippen molar-refractivity contribution < 1.29 is 29.9 Å². The number of rotatable bonds is 8. The van der Waals surface area contributed by atoms with Gasteiger partial charge < -0.3 is 19.1 Å². The Hall–Kier alpha value is -7.20. The third-order valence-corrected chi connectivity index (χ3v) is 11.7. The molecular weight excluding hydrogens is 964 g/mol. The zero-order valence-corrected chi connectivity index (χ0v) is 37.7. The maximum absolute atomic E-state index is 9.27. The van der Waals surface area contributed by atoms with Crippen LogP contribution in [-0.2, 0) is 26.5 Å². The largest absolute Gasteiger partial charge is 0.509 e. The summed E-state index contributed by atoms with van der Waals surface area (Å²) < 4.78 is 36.1. The number of anilines is 4. The zero-order valence-electron chi connectivity index (χ0n) is 38.4. The number of fused-ring (bicyclic) bond motifs is 4. The van der Waals surface area contributed by atoms with E-state index in [-0.39, 0.29) is 56.0 Å². The van der Waals surface area contributed by atoms with Crippen LogP contribution in [0, 0.1) is 18.8 Å². The SMILES string of the molecule is [2H]c1c(Oc2[c-]c3c(cc2)c2ccccc2n3-c2cc(C(C)(C)C)c(-c3ccccc3)cn2)[c-]c(N2[CH-]N(c3c(-c4ccccc4)cccc3-c3ccccc3)c3ccccc32)c([2H])c1[2H].[Pt]. The van der Waals surface area contributed by atoms with E-state index in [1.807, 2.05) is 115 Å². The monoisotopic (exact) mass is 1010 g/mol. The summed E-state index contributed by atoms with van der Waals surface area (Å²) in [5.74, 6) is 1.11. The number of ether oxygens (including phenoxy) is 1. The first-order valence-corrected chi connectivity index (χ1v) is 21.1. The van der Waals surface area contributed by atoms with Crippen LogP contribution < -0.4 is 14.5 Å². The minimum atomic E-state index is -0.273. The van der Waals surface area contributed by atoms with E-state index in [1.54, 1.807) is 0 Å². The summed E-state index contributed by atoms with van der Waals surface area (Å²) in [5.41, 5.74) is 12.0. The smallest absolute Gasteiger partial charge is 0.135 e. The Morgan fingerprint density at radius 3 is 1.83 bits per heavy atom. The third kappa shape index (κ3) is 7.36. The van der Waals surface area contributed by atoms with Crippen molar-refractivity contribution in [3.8, 4) is 50.7 Å². The Morgan fingerprint density at radius 2 is 1.17 bits per heavy atom. The van der Waals surface area contributed by atoms with Gasteiger partial charge in [-0.1, -0.05) is 166 Å². The van der Waals surface area contributed by atoms with Gasteiger partial charge in [0, 0.05) is 79.4 Å². The maximum Gasteiger partial charge on any atom is 0.135 e. The standard InChI is InChI=1S/C58H43N4O.Pt/c1-58(2,3)51-37-56(59-38-50(51)42-23-11-6-12-24-42)62-52-30-14-13-27-48(52)49-34-33-45(36-55(49)62)63-44-26-17-25-43(35-44)60-39-61(54-32-16-15-31-53(54)60)57-46(40-19-7-4-8-20-40)28-18-29-47(57)41-21-9-5-10-22-41;/h4-34,37-39H,1-3H3;/q-3;/i17D,25D,26D;. The minimum Gasteiger partial charge on any atom is -0.509 e. The van der Waals surface area contributed by atoms with Gasteiger partial charge in [0.1, 0.15) is 5.82 Å². The van der Waals surface area contributed by atoms with Crippen LogP contribution >= 0.6 is 0 Å². The van der Waals surface area contributed by atoms with Crippen LogP contribution in [0.1, 0.15) is 30.4 Å².